The molecule has 1 aromatic heterocycles. The number of halogens is 3. The van der Waals surface area contributed by atoms with Crippen LogP contribution in [0.2, 0.25) is 0 Å². The van der Waals surface area contributed by atoms with Crippen LogP contribution in [0.4, 0.5) is 18.9 Å². The highest BCUT2D eigenvalue weighted by Crippen LogP contribution is 2.34. The number of hydrogen-bond donors (Lipinski definition) is 2. The standard InChI is InChI=1S/C17H18F3N3O4S/c1-17(2,20)13-8-27-15-12(28(25,26)22-13)7-23(3)14(15)16(24)21-9-4-5-10(18)11(19)6-9/h4-7,13,22H,8H2,1-3H3,(H,21,24). The Morgan fingerprint density at radius 1 is 1.32 bits per heavy atom. The summed E-state index contributed by atoms with van der Waals surface area (Å²) >= 11 is 0. The van der Waals surface area contributed by atoms with E-state index in [1.54, 1.807) is 0 Å². The van der Waals surface area contributed by atoms with Crippen molar-refractivity contribution in [1.29, 1.82) is 0 Å². The Morgan fingerprint density at radius 3 is 2.61 bits per heavy atom. The van der Waals surface area contributed by atoms with Crippen LogP contribution in [0.25, 0.3) is 0 Å². The SMILES string of the molecule is Cn1cc2c(c1C(=O)Nc1ccc(F)c(F)c1)OCC(C(C)(C)F)NS2(=O)=O. The predicted octanol–water partition coefficient (Wildman–Crippen LogP) is 2.34. The van der Waals surface area contributed by atoms with E-state index in [2.05, 4.69) is 10.0 Å². The van der Waals surface area contributed by atoms with Crippen LogP contribution >= 0.6 is 0 Å². The number of aromatic nitrogens is 1. The van der Waals surface area contributed by atoms with Gasteiger partial charge in [-0.3, -0.25) is 4.79 Å². The van der Waals surface area contributed by atoms with E-state index in [-0.39, 0.29) is 28.6 Å². The van der Waals surface area contributed by atoms with Gasteiger partial charge in [-0.2, -0.15) is 0 Å². The van der Waals surface area contributed by atoms with Crippen molar-refractivity contribution in [2.75, 3.05) is 11.9 Å². The highest BCUT2D eigenvalue weighted by molar-refractivity contribution is 7.89. The number of ether oxygens (including phenoxy) is 1. The van der Waals surface area contributed by atoms with Crippen LogP contribution in [0.1, 0.15) is 24.3 Å². The van der Waals surface area contributed by atoms with E-state index in [1.807, 2.05) is 0 Å². The zero-order valence-electron chi connectivity index (χ0n) is 15.2. The minimum absolute atomic E-state index is 0.0313. The van der Waals surface area contributed by atoms with Gasteiger partial charge in [0.15, 0.2) is 23.1 Å². The average Bonchev–Trinajstić information content (AvgIpc) is 2.84. The first kappa shape index (κ1) is 20.2. The second-order valence-electron chi connectivity index (χ2n) is 6.91. The number of anilines is 1. The van der Waals surface area contributed by atoms with Gasteiger partial charge in [0.25, 0.3) is 5.91 Å². The Kier molecular flexibility index (Phi) is 4.92. The molecule has 3 rings (SSSR count). The molecule has 2 aromatic rings. The van der Waals surface area contributed by atoms with Gasteiger partial charge in [0, 0.05) is 25.0 Å². The minimum Gasteiger partial charge on any atom is -0.488 e. The van der Waals surface area contributed by atoms with Gasteiger partial charge in [-0.05, 0) is 26.0 Å². The molecular formula is C17H18F3N3O4S. The van der Waals surface area contributed by atoms with E-state index in [4.69, 9.17) is 4.74 Å². The number of nitrogens with zero attached hydrogens (tertiary/aromatic N) is 1. The second kappa shape index (κ2) is 6.82. The van der Waals surface area contributed by atoms with Crippen molar-refractivity contribution in [3.8, 4) is 5.75 Å². The number of carbonyl (C=O) groups excluding carboxylic acids is 1. The molecule has 11 heteroatoms. The quantitative estimate of drug-likeness (QED) is 0.802. The second-order valence-corrected chi connectivity index (χ2v) is 8.60. The Bertz CT molecular complexity index is 1040. The third-order valence-corrected chi connectivity index (χ3v) is 5.77. The average molecular weight is 417 g/mol. The van der Waals surface area contributed by atoms with E-state index in [9.17, 15) is 26.4 Å². The Hall–Kier alpha value is -2.53. The van der Waals surface area contributed by atoms with Crippen molar-refractivity contribution in [2.45, 2.75) is 30.5 Å². The largest absolute Gasteiger partial charge is 0.488 e. The summed E-state index contributed by atoms with van der Waals surface area (Å²) in [7, 11) is -2.74. The summed E-state index contributed by atoms with van der Waals surface area (Å²) in [6.45, 7) is 2.07. The van der Waals surface area contributed by atoms with Crippen LogP contribution in [0.15, 0.2) is 29.3 Å². The molecular weight excluding hydrogens is 399 g/mol. The fraction of sp³-hybridized carbons (Fsp3) is 0.353. The third-order valence-electron chi connectivity index (χ3n) is 4.30. The summed E-state index contributed by atoms with van der Waals surface area (Å²) in [6.07, 6.45) is 1.16. The summed E-state index contributed by atoms with van der Waals surface area (Å²) in [6, 6.07) is 1.61. The molecule has 1 unspecified atom stereocenters. The molecule has 0 fully saturated rings. The number of benzene rings is 1. The summed E-state index contributed by atoms with van der Waals surface area (Å²) < 4.78 is 74.8. The maximum absolute atomic E-state index is 14.3. The molecule has 2 N–H and O–H groups in total. The zero-order chi connectivity index (χ0) is 20.9. The molecule has 1 amide bonds. The number of sulfonamides is 1. The van der Waals surface area contributed by atoms with Crippen molar-refractivity contribution in [3.05, 3.63) is 41.7 Å². The minimum atomic E-state index is -4.16. The molecule has 1 aliphatic heterocycles. The van der Waals surface area contributed by atoms with Gasteiger partial charge < -0.3 is 14.6 Å². The number of amides is 1. The molecule has 0 saturated heterocycles. The van der Waals surface area contributed by atoms with E-state index in [1.165, 1.54) is 25.5 Å². The number of fused-ring (bicyclic) bond motifs is 1. The number of nitrogens with one attached hydrogen (secondary N) is 2. The molecule has 0 saturated carbocycles. The van der Waals surface area contributed by atoms with Gasteiger partial charge in [0.05, 0.1) is 6.04 Å². The van der Waals surface area contributed by atoms with Gasteiger partial charge in [-0.1, -0.05) is 0 Å². The lowest BCUT2D eigenvalue weighted by atomic mass is 10.0. The maximum atomic E-state index is 14.3. The number of alkyl halides is 1. The fourth-order valence-electron chi connectivity index (χ4n) is 2.72. The van der Waals surface area contributed by atoms with Crippen LogP contribution in [0, 0.1) is 11.6 Å². The molecule has 7 nitrogen and oxygen atoms in total. The smallest absolute Gasteiger partial charge is 0.276 e. The van der Waals surface area contributed by atoms with Crippen LogP contribution < -0.4 is 14.8 Å². The van der Waals surface area contributed by atoms with Gasteiger partial charge in [-0.15, -0.1) is 0 Å². The summed E-state index contributed by atoms with van der Waals surface area (Å²) in [5, 5.41) is 2.36. The number of hydrogen-bond acceptors (Lipinski definition) is 4. The molecule has 0 bridgehead atoms. The molecule has 1 aliphatic rings. The first-order valence-corrected chi connectivity index (χ1v) is 9.68. The molecule has 0 radical (unpaired) electrons. The first-order valence-electron chi connectivity index (χ1n) is 8.20. The highest BCUT2D eigenvalue weighted by atomic mass is 32.2. The van der Waals surface area contributed by atoms with Crippen LogP contribution in [0.5, 0.6) is 5.75 Å². The fourth-order valence-corrected chi connectivity index (χ4v) is 4.27. The van der Waals surface area contributed by atoms with E-state index in [0.29, 0.717) is 0 Å². The van der Waals surface area contributed by atoms with Crippen LogP contribution in [-0.4, -0.2) is 37.2 Å². The molecule has 28 heavy (non-hydrogen) atoms. The highest BCUT2D eigenvalue weighted by Gasteiger charge is 2.40. The lowest BCUT2D eigenvalue weighted by molar-refractivity contribution is 0.100. The van der Waals surface area contributed by atoms with Gasteiger partial charge >= 0.3 is 0 Å². The Morgan fingerprint density at radius 2 is 2.00 bits per heavy atom. The summed E-state index contributed by atoms with van der Waals surface area (Å²) in [5.41, 5.74) is -2.11. The van der Waals surface area contributed by atoms with Crippen molar-refractivity contribution in [1.82, 2.24) is 9.29 Å². The summed E-state index contributed by atoms with van der Waals surface area (Å²) in [4.78, 5) is 12.3. The summed E-state index contributed by atoms with van der Waals surface area (Å²) in [5.74, 6) is -3.28. The first-order chi connectivity index (χ1) is 12.9. The molecule has 1 aromatic carbocycles. The monoisotopic (exact) mass is 417 g/mol. The number of rotatable bonds is 3. The lowest BCUT2D eigenvalue weighted by Gasteiger charge is -2.25. The molecule has 152 valence electrons. The number of carbonyl (C=O) groups is 1. The lowest BCUT2D eigenvalue weighted by Crippen LogP contribution is -2.48. The zero-order valence-corrected chi connectivity index (χ0v) is 16.0. The molecule has 0 spiro atoms. The van der Waals surface area contributed by atoms with Crippen molar-refractivity contribution < 1.29 is 31.1 Å². The van der Waals surface area contributed by atoms with E-state index in [0.717, 1.165) is 24.4 Å². The van der Waals surface area contributed by atoms with Gasteiger partial charge in [0.1, 0.15) is 17.2 Å². The molecule has 0 aliphatic carbocycles. The van der Waals surface area contributed by atoms with E-state index < -0.39 is 39.3 Å². The van der Waals surface area contributed by atoms with E-state index >= 15 is 0 Å². The maximum Gasteiger partial charge on any atom is 0.276 e. The predicted molar refractivity (Wildman–Crippen MR) is 94.5 cm³/mol. The topological polar surface area (TPSA) is 89.4 Å². The van der Waals surface area contributed by atoms with Gasteiger partial charge in [-0.25, -0.2) is 26.3 Å². The van der Waals surface area contributed by atoms with Crippen LogP contribution in [0.3, 0.4) is 0 Å². The Labute approximate surface area is 159 Å². The van der Waals surface area contributed by atoms with Crippen molar-refractivity contribution in [3.63, 3.8) is 0 Å². The van der Waals surface area contributed by atoms with Crippen molar-refractivity contribution in [2.24, 2.45) is 7.05 Å². The van der Waals surface area contributed by atoms with Crippen molar-refractivity contribution >= 4 is 21.6 Å². The molecule has 2 heterocycles. The number of aryl methyl sites for hydroxylation is 1. The van der Waals surface area contributed by atoms with Gasteiger partial charge in [0.2, 0.25) is 10.0 Å². The third kappa shape index (κ3) is 3.72. The van der Waals surface area contributed by atoms with Crippen LogP contribution in [-0.2, 0) is 17.1 Å². The normalized spacial score (nSPS) is 18.7. The molecule has 1 atom stereocenters. The Balaban J connectivity index is 1.98.